The summed E-state index contributed by atoms with van der Waals surface area (Å²) in [6.07, 6.45) is 15.2. The first-order chi connectivity index (χ1) is 10.3. The Labute approximate surface area is 138 Å². The standard InChI is InChI=1S/C16H34N.CH4O3S/c1-3-5-6-7-8-9-11-14-17(4-2)15-12-10-13-16-17;1-5(2,3)4/h3-16H2,1-2H3;1H3,(H,2,3,4)/q+1;/p-1. The SMILES string of the molecule is CCCCCCCCC[N+]1(CC)CCCCC1.CS(=O)(=O)[O-]. The van der Waals surface area contributed by atoms with Crippen LogP contribution in [0.3, 0.4) is 0 Å². The minimum atomic E-state index is -3.92. The van der Waals surface area contributed by atoms with Crippen LogP contribution >= 0.6 is 0 Å². The van der Waals surface area contributed by atoms with Gasteiger partial charge in [-0.3, -0.25) is 0 Å². The van der Waals surface area contributed by atoms with Crippen molar-refractivity contribution in [1.82, 2.24) is 0 Å². The lowest BCUT2D eigenvalue weighted by atomic mass is 10.0. The summed E-state index contributed by atoms with van der Waals surface area (Å²) in [4.78, 5) is 0. The van der Waals surface area contributed by atoms with Gasteiger partial charge in [0.25, 0.3) is 0 Å². The highest BCUT2D eigenvalue weighted by Crippen LogP contribution is 2.20. The van der Waals surface area contributed by atoms with E-state index in [1.54, 1.807) is 0 Å². The summed E-state index contributed by atoms with van der Waals surface area (Å²) in [5, 5.41) is 0. The Balaban J connectivity index is 0.000000763. The molecule has 0 bridgehead atoms. The molecule has 1 heterocycles. The van der Waals surface area contributed by atoms with E-state index in [1.807, 2.05) is 0 Å². The van der Waals surface area contributed by atoms with Crippen LogP contribution in [0.1, 0.15) is 78.1 Å². The van der Waals surface area contributed by atoms with Crippen molar-refractivity contribution in [2.75, 3.05) is 32.4 Å². The van der Waals surface area contributed by atoms with Gasteiger partial charge in [0.05, 0.1) is 36.3 Å². The van der Waals surface area contributed by atoms with Crippen molar-refractivity contribution in [2.24, 2.45) is 0 Å². The maximum absolute atomic E-state index is 9.08. The van der Waals surface area contributed by atoms with Crippen LogP contribution in [0.5, 0.6) is 0 Å². The zero-order valence-electron chi connectivity index (χ0n) is 15.0. The number of unbranched alkanes of at least 4 members (excludes halogenated alkanes) is 6. The third-order valence-corrected chi connectivity index (χ3v) is 4.67. The van der Waals surface area contributed by atoms with Crippen LogP contribution in [0, 0.1) is 0 Å². The summed E-state index contributed by atoms with van der Waals surface area (Å²) in [5.74, 6) is 0. The largest absolute Gasteiger partial charge is 0.748 e. The first kappa shape index (κ1) is 21.9. The fourth-order valence-electron chi connectivity index (χ4n) is 3.29. The summed E-state index contributed by atoms with van der Waals surface area (Å²) in [6.45, 7) is 10.5. The number of rotatable bonds is 9. The molecule has 1 aliphatic heterocycles. The molecule has 1 aliphatic rings. The Morgan fingerprint density at radius 1 is 0.864 bits per heavy atom. The number of likely N-dealkylation sites (tertiary alicyclic amines) is 1. The zero-order valence-corrected chi connectivity index (χ0v) is 15.8. The highest BCUT2D eigenvalue weighted by Gasteiger charge is 2.26. The lowest BCUT2D eigenvalue weighted by Gasteiger charge is -2.41. The molecule has 0 radical (unpaired) electrons. The van der Waals surface area contributed by atoms with Crippen molar-refractivity contribution in [3.05, 3.63) is 0 Å². The van der Waals surface area contributed by atoms with E-state index in [1.165, 1.54) is 94.9 Å². The van der Waals surface area contributed by atoms with Gasteiger partial charge in [0, 0.05) is 6.26 Å². The average Bonchev–Trinajstić information content (AvgIpc) is 2.46. The molecule has 134 valence electrons. The second-order valence-corrected chi connectivity index (χ2v) is 8.12. The first-order valence-electron chi connectivity index (χ1n) is 9.09. The third kappa shape index (κ3) is 13.5. The number of quaternary nitrogens is 1. The third-order valence-electron chi connectivity index (χ3n) is 4.67. The van der Waals surface area contributed by atoms with Crippen LogP contribution in [-0.2, 0) is 10.1 Å². The Bertz CT molecular complexity index is 341. The smallest absolute Gasteiger partial charge is 0.0916 e. The molecule has 1 rings (SSSR count). The molecule has 0 aliphatic carbocycles. The van der Waals surface area contributed by atoms with Crippen LogP contribution in [0.2, 0.25) is 0 Å². The van der Waals surface area contributed by atoms with Gasteiger partial charge in [-0.05, 0) is 39.0 Å². The Morgan fingerprint density at radius 2 is 1.32 bits per heavy atom. The Kier molecular flexibility index (Phi) is 12.2. The van der Waals surface area contributed by atoms with Gasteiger partial charge in [-0.15, -0.1) is 0 Å². The Hall–Kier alpha value is -0.130. The highest BCUT2D eigenvalue weighted by molar-refractivity contribution is 7.84. The van der Waals surface area contributed by atoms with E-state index in [9.17, 15) is 0 Å². The summed E-state index contributed by atoms with van der Waals surface area (Å²) < 4.78 is 28.7. The highest BCUT2D eigenvalue weighted by atomic mass is 32.2. The molecule has 0 aromatic rings. The van der Waals surface area contributed by atoms with Crippen molar-refractivity contribution < 1.29 is 17.5 Å². The molecular formula is C17H37NO3S. The summed E-state index contributed by atoms with van der Waals surface area (Å²) in [7, 11) is -3.92. The monoisotopic (exact) mass is 335 g/mol. The number of hydrogen-bond donors (Lipinski definition) is 0. The molecule has 0 unspecified atom stereocenters. The fraction of sp³-hybridized carbons (Fsp3) is 1.00. The number of piperidine rings is 1. The molecule has 0 atom stereocenters. The van der Waals surface area contributed by atoms with E-state index in [0.717, 1.165) is 0 Å². The van der Waals surface area contributed by atoms with Gasteiger partial charge in [0.1, 0.15) is 0 Å². The molecule has 0 aromatic heterocycles. The number of hydrogen-bond acceptors (Lipinski definition) is 3. The van der Waals surface area contributed by atoms with Crippen molar-refractivity contribution in [3.8, 4) is 0 Å². The molecule has 4 nitrogen and oxygen atoms in total. The first-order valence-corrected chi connectivity index (χ1v) is 10.9. The van der Waals surface area contributed by atoms with Crippen molar-refractivity contribution in [2.45, 2.75) is 78.1 Å². The van der Waals surface area contributed by atoms with E-state index in [2.05, 4.69) is 13.8 Å². The minimum absolute atomic E-state index is 0.604. The Morgan fingerprint density at radius 3 is 1.77 bits per heavy atom. The predicted molar refractivity (Wildman–Crippen MR) is 92.9 cm³/mol. The average molecular weight is 336 g/mol. The topological polar surface area (TPSA) is 57.2 Å². The summed E-state index contributed by atoms with van der Waals surface area (Å²) in [5.41, 5.74) is 0. The van der Waals surface area contributed by atoms with Gasteiger partial charge >= 0.3 is 0 Å². The van der Waals surface area contributed by atoms with E-state index >= 15 is 0 Å². The maximum atomic E-state index is 9.08. The predicted octanol–water partition coefficient (Wildman–Crippen LogP) is 3.92. The summed E-state index contributed by atoms with van der Waals surface area (Å²) in [6, 6.07) is 0. The van der Waals surface area contributed by atoms with Crippen LogP contribution < -0.4 is 0 Å². The zero-order chi connectivity index (χ0) is 16.9. The lowest BCUT2D eigenvalue weighted by Crippen LogP contribution is -2.51. The molecule has 1 saturated heterocycles. The van der Waals surface area contributed by atoms with E-state index < -0.39 is 10.1 Å². The van der Waals surface area contributed by atoms with Crippen LogP contribution in [0.15, 0.2) is 0 Å². The molecule has 0 aromatic carbocycles. The van der Waals surface area contributed by atoms with Crippen LogP contribution in [-0.4, -0.2) is 49.9 Å². The van der Waals surface area contributed by atoms with E-state index in [4.69, 9.17) is 13.0 Å². The van der Waals surface area contributed by atoms with Gasteiger partial charge in [-0.2, -0.15) is 0 Å². The molecule has 22 heavy (non-hydrogen) atoms. The molecular weight excluding hydrogens is 298 g/mol. The second kappa shape index (κ2) is 12.3. The van der Waals surface area contributed by atoms with Crippen LogP contribution in [0.4, 0.5) is 0 Å². The van der Waals surface area contributed by atoms with Gasteiger partial charge in [0.15, 0.2) is 0 Å². The molecule has 1 fully saturated rings. The maximum Gasteiger partial charge on any atom is 0.0916 e. The van der Waals surface area contributed by atoms with Crippen molar-refractivity contribution in [1.29, 1.82) is 0 Å². The lowest BCUT2D eigenvalue weighted by molar-refractivity contribution is -0.931. The quantitative estimate of drug-likeness (QED) is 0.364. The fourth-order valence-corrected chi connectivity index (χ4v) is 3.29. The van der Waals surface area contributed by atoms with Crippen molar-refractivity contribution in [3.63, 3.8) is 0 Å². The summed E-state index contributed by atoms with van der Waals surface area (Å²) >= 11 is 0. The van der Waals surface area contributed by atoms with Crippen molar-refractivity contribution >= 4 is 10.1 Å². The van der Waals surface area contributed by atoms with E-state index in [-0.39, 0.29) is 0 Å². The number of nitrogens with zero attached hydrogens (tertiary/aromatic N) is 1. The van der Waals surface area contributed by atoms with E-state index in [0.29, 0.717) is 6.26 Å². The molecule has 0 N–H and O–H groups in total. The minimum Gasteiger partial charge on any atom is -0.748 e. The molecule has 0 spiro atoms. The van der Waals surface area contributed by atoms with Gasteiger partial charge in [0.2, 0.25) is 0 Å². The molecule has 0 amide bonds. The molecule has 5 heteroatoms. The van der Waals surface area contributed by atoms with Gasteiger partial charge < -0.3 is 9.04 Å². The van der Waals surface area contributed by atoms with Gasteiger partial charge in [-0.25, -0.2) is 8.42 Å². The normalized spacial score (nSPS) is 17.6. The van der Waals surface area contributed by atoms with Crippen LogP contribution in [0.25, 0.3) is 0 Å². The molecule has 0 saturated carbocycles. The second-order valence-electron chi connectivity index (χ2n) is 6.71. The van der Waals surface area contributed by atoms with Gasteiger partial charge in [-0.1, -0.05) is 39.0 Å².